The topological polar surface area (TPSA) is 70.7 Å². The number of hydrogen-bond donors (Lipinski definition) is 2. The molecule has 1 aromatic rings. The number of likely N-dealkylation sites (tertiary alicyclic amines) is 1. The summed E-state index contributed by atoms with van der Waals surface area (Å²) in [4.78, 5) is 27.1. The molecule has 6 nitrogen and oxygen atoms in total. The van der Waals surface area contributed by atoms with Gasteiger partial charge in [0.25, 0.3) is 0 Å². The fourth-order valence-electron chi connectivity index (χ4n) is 4.12. The van der Waals surface area contributed by atoms with Gasteiger partial charge >= 0.3 is 6.36 Å². The van der Waals surface area contributed by atoms with Crippen LogP contribution in [0.25, 0.3) is 5.57 Å². The second kappa shape index (κ2) is 10.7. The molecule has 0 saturated carbocycles. The zero-order chi connectivity index (χ0) is 24.1. The Kier molecular flexibility index (Phi) is 8.20. The Bertz CT molecular complexity index is 921. The number of benzene rings is 1. The normalized spacial score (nSPS) is 23.5. The van der Waals surface area contributed by atoms with E-state index < -0.39 is 29.8 Å². The molecule has 2 aliphatic rings. The summed E-state index contributed by atoms with van der Waals surface area (Å²) in [5.74, 6) is -0.582. The van der Waals surface area contributed by atoms with Gasteiger partial charge in [-0.05, 0) is 37.9 Å². The van der Waals surface area contributed by atoms with Crippen LogP contribution in [0, 0.1) is 0 Å². The molecule has 2 N–H and O–H groups in total. The Labute approximate surface area is 195 Å². The molecule has 2 atom stereocenters. The van der Waals surface area contributed by atoms with E-state index >= 15 is 0 Å². The lowest BCUT2D eigenvalue weighted by atomic mass is 9.92. The predicted molar refractivity (Wildman–Crippen MR) is 119 cm³/mol. The Morgan fingerprint density at radius 3 is 2.61 bits per heavy atom. The Morgan fingerprint density at radius 2 is 1.94 bits per heavy atom. The van der Waals surface area contributed by atoms with Crippen LogP contribution in [0.3, 0.4) is 0 Å². The zero-order valence-electron chi connectivity index (χ0n) is 18.3. The van der Waals surface area contributed by atoms with E-state index in [0.717, 1.165) is 12.8 Å². The molecule has 1 heterocycles. The van der Waals surface area contributed by atoms with E-state index in [9.17, 15) is 22.8 Å². The summed E-state index contributed by atoms with van der Waals surface area (Å²) in [6.45, 7) is 0.958. The second-order valence-electron chi connectivity index (χ2n) is 8.03. The van der Waals surface area contributed by atoms with E-state index in [1.54, 1.807) is 42.3 Å². The monoisotopic (exact) mass is 485 g/mol. The van der Waals surface area contributed by atoms with E-state index in [2.05, 4.69) is 15.4 Å². The van der Waals surface area contributed by atoms with Crippen molar-refractivity contribution >= 4 is 29.0 Å². The maximum absolute atomic E-state index is 13.2. The summed E-state index contributed by atoms with van der Waals surface area (Å²) < 4.78 is 43.9. The molecule has 2 unspecified atom stereocenters. The van der Waals surface area contributed by atoms with Gasteiger partial charge in [-0.1, -0.05) is 48.0 Å². The van der Waals surface area contributed by atoms with Crippen LogP contribution in [-0.2, 0) is 14.3 Å². The molecule has 33 heavy (non-hydrogen) atoms. The van der Waals surface area contributed by atoms with Crippen molar-refractivity contribution in [1.29, 1.82) is 0 Å². The largest absolute Gasteiger partial charge is 0.524 e. The van der Waals surface area contributed by atoms with Gasteiger partial charge in [-0.3, -0.25) is 14.3 Å². The number of nitrogens with zero attached hydrogens (tertiary/aromatic N) is 1. The quantitative estimate of drug-likeness (QED) is 0.574. The molecule has 3 rings (SSSR count). The zero-order valence-corrected chi connectivity index (χ0v) is 19.0. The van der Waals surface area contributed by atoms with Gasteiger partial charge in [-0.2, -0.15) is 0 Å². The fraction of sp³-hybridized carbons (Fsp3) is 0.478. The average molecular weight is 486 g/mol. The maximum Gasteiger partial charge on any atom is 0.524 e. The molecule has 1 aliphatic carbocycles. The molecule has 0 bridgehead atoms. The minimum absolute atomic E-state index is 0.139. The summed E-state index contributed by atoms with van der Waals surface area (Å²) in [5, 5.41) is 3.34. The smallest absolute Gasteiger partial charge is 0.331 e. The van der Waals surface area contributed by atoms with Crippen LogP contribution in [0.4, 0.5) is 13.2 Å². The molecule has 10 heteroatoms. The van der Waals surface area contributed by atoms with Gasteiger partial charge < -0.3 is 15.5 Å². The van der Waals surface area contributed by atoms with Crippen molar-refractivity contribution in [3.63, 3.8) is 0 Å². The van der Waals surface area contributed by atoms with Crippen LogP contribution >= 0.6 is 11.6 Å². The number of allylic oxidation sites excluding steroid dienone is 2. The van der Waals surface area contributed by atoms with Crippen LogP contribution in [0.2, 0.25) is 0 Å². The lowest BCUT2D eigenvalue weighted by molar-refractivity contribution is -0.342. The highest BCUT2D eigenvalue weighted by Gasteiger charge is 2.47. The molecular formula is C23H27ClF3N3O3. The lowest BCUT2D eigenvalue weighted by Gasteiger charge is -2.37. The molecule has 0 radical (unpaired) electrons. The molecule has 1 saturated heterocycles. The number of rotatable bonds is 7. The van der Waals surface area contributed by atoms with Crippen LogP contribution in [-0.4, -0.2) is 54.3 Å². The first-order chi connectivity index (χ1) is 15.6. The molecular weight excluding hydrogens is 459 g/mol. The van der Waals surface area contributed by atoms with Crippen LogP contribution in [0.15, 0.2) is 48.2 Å². The number of alkyl halides is 4. The highest BCUT2D eigenvalue weighted by Crippen LogP contribution is 2.45. The van der Waals surface area contributed by atoms with Gasteiger partial charge in [-0.15, -0.1) is 13.2 Å². The van der Waals surface area contributed by atoms with Crippen molar-refractivity contribution in [2.75, 3.05) is 20.1 Å². The molecule has 1 fully saturated rings. The van der Waals surface area contributed by atoms with Crippen molar-refractivity contribution in [3.05, 3.63) is 53.7 Å². The molecule has 180 valence electrons. The third-order valence-electron chi connectivity index (χ3n) is 5.63. The van der Waals surface area contributed by atoms with Gasteiger partial charge in [0, 0.05) is 37.2 Å². The van der Waals surface area contributed by atoms with Gasteiger partial charge in [0.2, 0.25) is 11.8 Å². The van der Waals surface area contributed by atoms with E-state index in [0.29, 0.717) is 25.1 Å². The number of nitrogens with one attached hydrogen (secondary N) is 2. The Balaban J connectivity index is 1.81. The number of carbonyl (C=O) groups is 2. The molecule has 0 aromatic heterocycles. The third-order valence-corrected chi connectivity index (χ3v) is 6.05. The van der Waals surface area contributed by atoms with Gasteiger partial charge in [-0.25, -0.2) is 0 Å². The summed E-state index contributed by atoms with van der Waals surface area (Å²) in [5.41, 5.74) is 0.806. The maximum atomic E-state index is 13.2. The number of carbonyl (C=O) groups excluding carboxylic acids is 2. The average Bonchev–Trinajstić information content (AvgIpc) is 2.76. The van der Waals surface area contributed by atoms with Crippen molar-refractivity contribution < 1.29 is 27.5 Å². The standard InChI is InChI=1S/C23H27ClF3N3O3/c1-28-13-12-20(31)30-14-6-5-9-19(30)21(32)29-17-10-11-18(16-7-3-2-4-8-16)22(24,15-17)33-23(25,26)27/h2-4,7-8,10-11,19,28H,5-6,9,12-15H2,1H3,(H,29,32). The summed E-state index contributed by atoms with van der Waals surface area (Å²) in [6.07, 6.45) is -0.118. The minimum atomic E-state index is -4.98. The highest BCUT2D eigenvalue weighted by atomic mass is 35.5. The molecule has 0 spiro atoms. The van der Waals surface area contributed by atoms with Gasteiger partial charge in [0.1, 0.15) is 6.04 Å². The van der Waals surface area contributed by atoms with E-state index in [1.807, 2.05) is 0 Å². The fourth-order valence-corrected chi connectivity index (χ4v) is 4.52. The van der Waals surface area contributed by atoms with Crippen molar-refractivity contribution in [2.24, 2.45) is 0 Å². The summed E-state index contributed by atoms with van der Waals surface area (Å²) >= 11 is 6.39. The number of amides is 2. The SMILES string of the molecule is CNCCC(=O)N1CCCCC1C(=O)NC1=CC=C(c2ccccc2)C(Cl)(OC(F)(F)F)C1. The second-order valence-corrected chi connectivity index (χ2v) is 8.64. The first-order valence-electron chi connectivity index (χ1n) is 10.8. The summed E-state index contributed by atoms with van der Waals surface area (Å²) in [7, 11) is 1.74. The van der Waals surface area contributed by atoms with Crippen LogP contribution in [0.5, 0.6) is 0 Å². The number of halogens is 4. The van der Waals surface area contributed by atoms with E-state index in [-0.39, 0.29) is 23.6 Å². The van der Waals surface area contributed by atoms with Crippen molar-refractivity contribution in [3.8, 4) is 0 Å². The van der Waals surface area contributed by atoms with E-state index in [4.69, 9.17) is 11.6 Å². The van der Waals surface area contributed by atoms with Crippen molar-refractivity contribution in [2.45, 2.75) is 49.6 Å². The van der Waals surface area contributed by atoms with Crippen LogP contribution in [0.1, 0.15) is 37.7 Å². The molecule has 1 aliphatic heterocycles. The van der Waals surface area contributed by atoms with Crippen molar-refractivity contribution in [1.82, 2.24) is 15.5 Å². The number of hydrogen-bond acceptors (Lipinski definition) is 4. The minimum Gasteiger partial charge on any atom is -0.331 e. The van der Waals surface area contributed by atoms with Gasteiger partial charge in [0.15, 0.2) is 5.06 Å². The van der Waals surface area contributed by atoms with Crippen LogP contribution < -0.4 is 10.6 Å². The lowest BCUT2D eigenvalue weighted by Crippen LogP contribution is -2.52. The molecule has 1 aromatic carbocycles. The third kappa shape index (κ3) is 6.59. The van der Waals surface area contributed by atoms with Gasteiger partial charge in [0.05, 0.1) is 0 Å². The summed E-state index contributed by atoms with van der Waals surface area (Å²) in [6, 6.07) is 7.70. The Morgan fingerprint density at radius 1 is 1.21 bits per heavy atom. The number of piperidine rings is 1. The Hall–Kier alpha value is -2.36. The predicted octanol–water partition coefficient (Wildman–Crippen LogP) is 3.94. The van der Waals surface area contributed by atoms with E-state index in [1.165, 1.54) is 12.2 Å². The number of ether oxygens (including phenoxy) is 1. The first kappa shape index (κ1) is 25.3. The molecule has 2 amide bonds. The highest BCUT2D eigenvalue weighted by molar-refractivity contribution is 6.29. The first-order valence-corrected chi connectivity index (χ1v) is 11.2.